The number of halogens is 1. The third-order valence-corrected chi connectivity index (χ3v) is 6.10. The van der Waals surface area contributed by atoms with Crippen molar-refractivity contribution in [3.63, 3.8) is 0 Å². The first-order valence-electron chi connectivity index (χ1n) is 11.0. The summed E-state index contributed by atoms with van der Waals surface area (Å²) < 4.78 is 0. The average molecular weight is 482 g/mol. The van der Waals surface area contributed by atoms with E-state index in [0.717, 1.165) is 26.9 Å². The zero-order chi connectivity index (χ0) is 24.4. The molecule has 35 heavy (non-hydrogen) atoms. The summed E-state index contributed by atoms with van der Waals surface area (Å²) in [5, 5.41) is 7.70. The quantitative estimate of drug-likeness (QED) is 0.355. The summed E-state index contributed by atoms with van der Waals surface area (Å²) in [5.41, 5.74) is 2.54. The molecule has 5 rings (SSSR count). The normalized spacial score (nSPS) is 13.5. The van der Waals surface area contributed by atoms with E-state index in [1.165, 1.54) is 0 Å². The number of benzene rings is 4. The second-order valence-electron chi connectivity index (χ2n) is 8.05. The summed E-state index contributed by atoms with van der Waals surface area (Å²) in [6, 6.07) is 29.4. The van der Waals surface area contributed by atoms with E-state index in [9.17, 15) is 14.4 Å². The van der Waals surface area contributed by atoms with Crippen LogP contribution in [0.25, 0.3) is 10.8 Å². The van der Waals surface area contributed by atoms with E-state index < -0.39 is 11.8 Å². The maximum atomic E-state index is 12.9. The third-order valence-electron chi connectivity index (χ3n) is 5.75. The molecule has 0 radical (unpaired) electrons. The predicted molar refractivity (Wildman–Crippen MR) is 137 cm³/mol. The van der Waals surface area contributed by atoms with E-state index in [1.807, 2.05) is 72.8 Å². The number of hydrogen-bond donors (Lipinski definition) is 2. The average Bonchev–Trinajstić information content (AvgIpc) is 3.08. The number of imide groups is 1. The minimum absolute atomic E-state index is 0.0144. The molecule has 0 fully saturated rings. The molecular weight excluding hydrogens is 462 g/mol. The van der Waals surface area contributed by atoms with Crippen LogP contribution in [0.1, 0.15) is 15.9 Å². The summed E-state index contributed by atoms with van der Waals surface area (Å²) in [5.74, 6) is -1.30. The number of fused-ring (bicyclic) bond motifs is 1. The van der Waals surface area contributed by atoms with Crippen LogP contribution >= 0.6 is 11.6 Å². The van der Waals surface area contributed by atoms with Gasteiger partial charge in [-0.3, -0.25) is 19.3 Å². The topological polar surface area (TPSA) is 78.5 Å². The minimum Gasteiger partial charge on any atom is -0.350 e. The van der Waals surface area contributed by atoms with Crippen LogP contribution in [0, 0.1) is 0 Å². The van der Waals surface area contributed by atoms with Crippen molar-refractivity contribution < 1.29 is 14.4 Å². The number of carbonyl (C=O) groups is 3. The highest BCUT2D eigenvalue weighted by atomic mass is 35.5. The van der Waals surface area contributed by atoms with Crippen molar-refractivity contribution in [2.45, 2.75) is 6.54 Å². The van der Waals surface area contributed by atoms with Crippen LogP contribution in [-0.4, -0.2) is 22.6 Å². The smallest absolute Gasteiger partial charge is 0.279 e. The standard InChI is InChI=1S/C28H20ClN3O3/c29-24-25(28(35)32(27(24)34)17-18-7-2-1-3-8-18)30-21-15-13-20(14-16-21)26(33)31-23-12-6-10-19-9-4-5-11-22(19)23/h1-16,30H,17H2,(H,31,33). The SMILES string of the molecule is O=C(Nc1cccc2ccccc12)c1ccc(NC2=C(Cl)C(=O)N(Cc3ccccc3)C2=O)cc1. The zero-order valence-electron chi connectivity index (χ0n) is 18.5. The number of amides is 3. The van der Waals surface area contributed by atoms with Crippen molar-refractivity contribution >= 4 is 51.5 Å². The first-order chi connectivity index (χ1) is 17.0. The van der Waals surface area contributed by atoms with Gasteiger partial charge in [-0.05, 0) is 41.3 Å². The van der Waals surface area contributed by atoms with Crippen LogP contribution in [0.4, 0.5) is 11.4 Å². The molecule has 0 atom stereocenters. The van der Waals surface area contributed by atoms with E-state index in [0.29, 0.717) is 11.3 Å². The largest absolute Gasteiger partial charge is 0.350 e. The number of carbonyl (C=O) groups excluding carboxylic acids is 3. The molecule has 1 aliphatic rings. The van der Waals surface area contributed by atoms with E-state index in [1.54, 1.807) is 24.3 Å². The molecule has 0 saturated heterocycles. The van der Waals surface area contributed by atoms with Gasteiger partial charge in [-0.25, -0.2) is 0 Å². The highest BCUT2D eigenvalue weighted by Gasteiger charge is 2.37. The molecule has 0 unspecified atom stereocenters. The van der Waals surface area contributed by atoms with Gasteiger partial charge >= 0.3 is 0 Å². The van der Waals surface area contributed by atoms with E-state index >= 15 is 0 Å². The lowest BCUT2D eigenvalue weighted by atomic mass is 10.1. The van der Waals surface area contributed by atoms with E-state index in [-0.39, 0.29) is 23.2 Å². The molecule has 6 nitrogen and oxygen atoms in total. The molecular formula is C28H20ClN3O3. The van der Waals surface area contributed by atoms with Crippen LogP contribution in [0.15, 0.2) is 108 Å². The second-order valence-corrected chi connectivity index (χ2v) is 8.43. The van der Waals surface area contributed by atoms with Crippen molar-refractivity contribution in [3.8, 4) is 0 Å². The Morgan fingerprint density at radius 3 is 2.23 bits per heavy atom. The molecule has 4 aromatic rings. The Hall–Kier alpha value is -4.42. The zero-order valence-corrected chi connectivity index (χ0v) is 19.3. The monoisotopic (exact) mass is 481 g/mol. The van der Waals surface area contributed by atoms with Crippen LogP contribution in [0.3, 0.4) is 0 Å². The van der Waals surface area contributed by atoms with Crippen molar-refractivity contribution in [2.75, 3.05) is 10.6 Å². The molecule has 1 aliphatic heterocycles. The van der Waals surface area contributed by atoms with Gasteiger partial charge in [0.25, 0.3) is 17.7 Å². The molecule has 2 N–H and O–H groups in total. The highest BCUT2D eigenvalue weighted by Crippen LogP contribution is 2.28. The Balaban J connectivity index is 1.28. The van der Waals surface area contributed by atoms with Crippen molar-refractivity contribution in [3.05, 3.63) is 119 Å². The summed E-state index contributed by atoms with van der Waals surface area (Å²) in [7, 11) is 0. The van der Waals surface area contributed by atoms with Crippen LogP contribution < -0.4 is 10.6 Å². The number of hydrogen-bond acceptors (Lipinski definition) is 4. The molecule has 0 bridgehead atoms. The summed E-state index contributed by atoms with van der Waals surface area (Å²) >= 11 is 6.20. The molecule has 0 saturated carbocycles. The van der Waals surface area contributed by atoms with E-state index in [4.69, 9.17) is 11.6 Å². The third kappa shape index (κ3) is 4.52. The van der Waals surface area contributed by atoms with Crippen LogP contribution in [-0.2, 0) is 16.1 Å². The highest BCUT2D eigenvalue weighted by molar-refractivity contribution is 6.48. The molecule has 4 aromatic carbocycles. The molecule has 1 heterocycles. The van der Waals surface area contributed by atoms with Gasteiger partial charge in [0.1, 0.15) is 10.7 Å². The predicted octanol–water partition coefficient (Wildman–Crippen LogP) is 5.52. The summed E-state index contributed by atoms with van der Waals surface area (Å²) in [6.07, 6.45) is 0. The maximum absolute atomic E-state index is 12.9. The first kappa shape index (κ1) is 22.4. The number of nitrogens with zero attached hydrogens (tertiary/aromatic N) is 1. The van der Waals surface area contributed by atoms with Gasteiger partial charge in [-0.2, -0.15) is 0 Å². The van der Waals surface area contributed by atoms with Gasteiger partial charge in [0.05, 0.1) is 6.54 Å². The van der Waals surface area contributed by atoms with Crippen molar-refractivity contribution in [1.29, 1.82) is 0 Å². The maximum Gasteiger partial charge on any atom is 0.279 e. The van der Waals surface area contributed by atoms with Crippen molar-refractivity contribution in [2.24, 2.45) is 0 Å². The molecule has 0 spiro atoms. The van der Waals surface area contributed by atoms with E-state index in [2.05, 4.69) is 10.6 Å². The fourth-order valence-electron chi connectivity index (χ4n) is 3.94. The second kappa shape index (κ2) is 9.44. The fourth-order valence-corrected chi connectivity index (χ4v) is 4.17. The molecule has 3 amide bonds. The fraction of sp³-hybridized carbons (Fsp3) is 0.0357. The van der Waals surface area contributed by atoms with Crippen molar-refractivity contribution in [1.82, 2.24) is 4.90 Å². The number of rotatable bonds is 6. The summed E-state index contributed by atoms with van der Waals surface area (Å²) in [4.78, 5) is 39.3. The Morgan fingerprint density at radius 1 is 0.771 bits per heavy atom. The molecule has 0 aliphatic carbocycles. The van der Waals surface area contributed by atoms with Gasteiger partial charge < -0.3 is 10.6 Å². The van der Waals surface area contributed by atoms with Gasteiger partial charge in [0.15, 0.2) is 0 Å². The van der Waals surface area contributed by atoms with Gasteiger partial charge in [-0.15, -0.1) is 0 Å². The van der Waals surface area contributed by atoms with Crippen LogP contribution in [0.5, 0.6) is 0 Å². The number of nitrogens with one attached hydrogen (secondary N) is 2. The van der Waals surface area contributed by atoms with Gasteiger partial charge in [0.2, 0.25) is 0 Å². The lowest BCUT2D eigenvalue weighted by molar-refractivity contribution is -0.138. The Kier molecular flexibility index (Phi) is 6.04. The molecule has 172 valence electrons. The van der Waals surface area contributed by atoms with Crippen LogP contribution in [0.2, 0.25) is 0 Å². The van der Waals surface area contributed by atoms with Gasteiger partial charge in [0, 0.05) is 22.3 Å². The lowest BCUT2D eigenvalue weighted by Crippen LogP contribution is -2.31. The molecule has 0 aromatic heterocycles. The molecule has 7 heteroatoms. The Morgan fingerprint density at radius 2 is 1.46 bits per heavy atom. The Labute approximate surface area is 206 Å². The first-order valence-corrected chi connectivity index (χ1v) is 11.3. The van der Waals surface area contributed by atoms with Gasteiger partial charge in [-0.1, -0.05) is 78.3 Å². The summed E-state index contributed by atoms with van der Waals surface area (Å²) in [6.45, 7) is 0.132. The number of anilines is 2. The Bertz CT molecular complexity index is 1480. The lowest BCUT2D eigenvalue weighted by Gasteiger charge is -2.15. The minimum atomic E-state index is -0.547.